The summed E-state index contributed by atoms with van der Waals surface area (Å²) in [5.74, 6) is -2.52. The lowest BCUT2D eigenvalue weighted by Crippen LogP contribution is -2.67. The van der Waals surface area contributed by atoms with Gasteiger partial charge in [-0.15, -0.1) is 0 Å². The van der Waals surface area contributed by atoms with Crippen molar-refractivity contribution in [2.24, 2.45) is 34.5 Å². The molecule has 0 radical (unpaired) electrons. The quantitative estimate of drug-likeness (QED) is 0.0924. The number of rotatable bonds is 10. The fourth-order valence-corrected chi connectivity index (χ4v) is 15.2. The van der Waals surface area contributed by atoms with Crippen LogP contribution in [0.1, 0.15) is 86.0 Å². The fourth-order valence-electron chi connectivity index (χ4n) is 15.2. The van der Waals surface area contributed by atoms with E-state index in [2.05, 4.69) is 13.0 Å². The van der Waals surface area contributed by atoms with E-state index in [0.717, 1.165) is 5.57 Å². The summed E-state index contributed by atoms with van der Waals surface area (Å²) in [5.41, 5.74) is -3.27. The Balaban J connectivity index is 0.847. The molecule has 6 heterocycles. The van der Waals surface area contributed by atoms with Crippen LogP contribution in [-0.4, -0.2) is 250 Å². The molecule has 0 aromatic heterocycles. The predicted octanol–water partition coefficient (Wildman–Crippen LogP) is -4.12. The molecular formula is C50H80O24. The molecule has 24 heteroatoms. The zero-order valence-corrected chi connectivity index (χ0v) is 42.4. The first-order chi connectivity index (χ1) is 34.9. The molecule has 74 heavy (non-hydrogen) atoms. The van der Waals surface area contributed by atoms with Crippen LogP contribution in [0, 0.1) is 34.5 Å². The highest BCUT2D eigenvalue weighted by molar-refractivity contribution is 5.33. The maximum atomic E-state index is 13.3. The number of fused-ring (bicyclic) bond motifs is 7. The third-order valence-electron chi connectivity index (χ3n) is 20.0. The zero-order chi connectivity index (χ0) is 53.4. The molecule has 424 valence electrons. The van der Waals surface area contributed by atoms with E-state index < -0.39 is 189 Å². The van der Waals surface area contributed by atoms with Gasteiger partial charge in [-0.2, -0.15) is 0 Å². The Bertz CT molecular complexity index is 2020. The highest BCUT2D eigenvalue weighted by atomic mass is 16.8. The molecule has 0 aromatic rings. The maximum Gasteiger partial charge on any atom is 0.187 e. The number of hydrogen-bond donors (Lipinski definition) is 14. The summed E-state index contributed by atoms with van der Waals surface area (Å²) in [5, 5.41) is 153. The average Bonchev–Trinajstić information content (AvgIpc) is 3.68. The number of aliphatic hydroxyl groups is 14. The maximum absolute atomic E-state index is 13.3. The molecule has 0 bridgehead atoms. The molecule has 10 rings (SSSR count). The second-order valence-corrected chi connectivity index (χ2v) is 23.8. The standard InChI is InChI=1S/C50H80O24/c1-19-17-66-49(13-27(19)69-44-38(61)35(58)33(56)28(15-51)70-44)21(3)50(64)30(74-49)14-48(63)25-7-6-22-12-23(8-10-46(22,4)24(25)9-11-47(48,50)5)68-45-41(73-43-37(60)34(57)31(54)20(2)67-43)39(62)40(29(16-52)71-45)72-42-36(59)32(55)26(53)18-65-42/h6,19-21,23-45,51-64H,7-18H2,1-5H3. The second-order valence-electron chi connectivity index (χ2n) is 23.8. The van der Waals surface area contributed by atoms with E-state index in [1.165, 1.54) is 6.92 Å². The first kappa shape index (κ1) is 56.1. The Hall–Kier alpha value is -1.22. The molecule has 6 saturated heterocycles. The molecule has 3 saturated carbocycles. The van der Waals surface area contributed by atoms with Gasteiger partial charge in [0.15, 0.2) is 30.9 Å². The molecule has 1 spiro atoms. The van der Waals surface area contributed by atoms with Crippen LogP contribution >= 0.6 is 0 Å². The molecule has 31 atom stereocenters. The van der Waals surface area contributed by atoms with E-state index in [1.807, 2.05) is 20.8 Å². The van der Waals surface area contributed by atoms with Crippen LogP contribution in [0.2, 0.25) is 0 Å². The summed E-state index contributed by atoms with van der Waals surface area (Å²) in [6.45, 7) is 7.79. The van der Waals surface area contributed by atoms with Crippen molar-refractivity contribution in [2.75, 3.05) is 26.4 Å². The van der Waals surface area contributed by atoms with Crippen LogP contribution in [0.3, 0.4) is 0 Å². The average molecular weight is 1070 g/mol. The Kier molecular flexibility index (Phi) is 15.5. The molecular weight excluding hydrogens is 985 g/mol. The Morgan fingerprint density at radius 3 is 1.97 bits per heavy atom. The molecule has 24 nitrogen and oxygen atoms in total. The van der Waals surface area contributed by atoms with E-state index in [0.29, 0.717) is 38.5 Å². The molecule has 0 aromatic carbocycles. The normalized spacial score (nSPS) is 58.6. The van der Waals surface area contributed by atoms with Crippen LogP contribution in [0.15, 0.2) is 11.6 Å². The first-order valence-electron chi connectivity index (χ1n) is 26.6. The molecule has 0 amide bonds. The molecule has 10 aliphatic rings. The van der Waals surface area contributed by atoms with E-state index in [4.69, 9.17) is 47.4 Å². The van der Waals surface area contributed by atoms with Crippen LogP contribution in [0.4, 0.5) is 0 Å². The minimum Gasteiger partial charge on any atom is -0.394 e. The zero-order valence-electron chi connectivity index (χ0n) is 42.4. The Morgan fingerprint density at radius 2 is 1.27 bits per heavy atom. The van der Waals surface area contributed by atoms with Crippen molar-refractivity contribution in [2.45, 2.75) is 238 Å². The number of aliphatic hydroxyl groups excluding tert-OH is 12. The van der Waals surface area contributed by atoms with Crippen molar-refractivity contribution >= 4 is 0 Å². The van der Waals surface area contributed by atoms with Crippen LogP contribution in [0.5, 0.6) is 0 Å². The summed E-state index contributed by atoms with van der Waals surface area (Å²) in [6.07, 6.45) is -25.3. The van der Waals surface area contributed by atoms with Gasteiger partial charge in [0.2, 0.25) is 0 Å². The van der Waals surface area contributed by atoms with Crippen molar-refractivity contribution in [3.05, 3.63) is 11.6 Å². The van der Waals surface area contributed by atoms with Crippen LogP contribution in [-0.2, 0) is 47.4 Å². The SMILES string of the molecule is CC1COC2(CC1OC1OC(CO)C(O)C(O)C1O)OC1CC3(O)C4CC=C5CC(OC6OC(CO)C(OC7OCC(O)C(O)C7O)C(O)C6OC6OC(C)C(O)C(O)C6O)CCC5(C)C4CCC3(C)C1(O)C2C. The minimum absolute atomic E-state index is 0.0116. The van der Waals surface area contributed by atoms with Gasteiger partial charge in [0, 0.05) is 30.1 Å². The summed E-state index contributed by atoms with van der Waals surface area (Å²) in [4.78, 5) is 0. The van der Waals surface area contributed by atoms with Gasteiger partial charge in [0.25, 0.3) is 0 Å². The predicted molar refractivity (Wildman–Crippen MR) is 245 cm³/mol. The minimum atomic E-state index is -1.78. The summed E-state index contributed by atoms with van der Waals surface area (Å²) >= 11 is 0. The summed E-state index contributed by atoms with van der Waals surface area (Å²) in [6, 6.07) is 0. The van der Waals surface area contributed by atoms with E-state index in [9.17, 15) is 71.5 Å². The van der Waals surface area contributed by atoms with Gasteiger partial charge in [-0.3, -0.25) is 0 Å². The third-order valence-corrected chi connectivity index (χ3v) is 20.0. The molecule has 6 aliphatic heterocycles. The number of ether oxygens (including phenoxy) is 10. The topological polar surface area (TPSA) is 376 Å². The lowest BCUT2D eigenvalue weighted by Gasteiger charge is -2.63. The largest absolute Gasteiger partial charge is 0.394 e. The van der Waals surface area contributed by atoms with Gasteiger partial charge in [0.05, 0.1) is 56.4 Å². The van der Waals surface area contributed by atoms with Gasteiger partial charge < -0.3 is 119 Å². The van der Waals surface area contributed by atoms with Crippen molar-refractivity contribution in [1.82, 2.24) is 0 Å². The van der Waals surface area contributed by atoms with Gasteiger partial charge in [-0.1, -0.05) is 39.3 Å². The van der Waals surface area contributed by atoms with Gasteiger partial charge in [-0.25, -0.2) is 0 Å². The van der Waals surface area contributed by atoms with Crippen molar-refractivity contribution in [3.8, 4) is 0 Å². The lowest BCUT2D eigenvalue weighted by molar-refractivity contribution is -0.386. The summed E-state index contributed by atoms with van der Waals surface area (Å²) < 4.78 is 61.5. The van der Waals surface area contributed by atoms with Crippen LogP contribution in [0.25, 0.3) is 0 Å². The van der Waals surface area contributed by atoms with Crippen molar-refractivity contribution in [1.29, 1.82) is 0 Å². The Labute approximate surface area is 428 Å². The summed E-state index contributed by atoms with van der Waals surface area (Å²) in [7, 11) is 0. The van der Waals surface area contributed by atoms with Gasteiger partial charge >= 0.3 is 0 Å². The number of hydrogen-bond acceptors (Lipinski definition) is 24. The first-order valence-corrected chi connectivity index (χ1v) is 26.6. The molecule has 31 unspecified atom stereocenters. The highest BCUT2D eigenvalue weighted by Crippen LogP contribution is 2.73. The molecule has 14 N–H and O–H groups in total. The Morgan fingerprint density at radius 1 is 0.622 bits per heavy atom. The smallest absolute Gasteiger partial charge is 0.187 e. The molecule has 4 aliphatic carbocycles. The van der Waals surface area contributed by atoms with E-state index in [1.54, 1.807) is 0 Å². The van der Waals surface area contributed by atoms with Gasteiger partial charge in [0.1, 0.15) is 91.1 Å². The fraction of sp³-hybridized carbons (Fsp3) is 0.960. The monoisotopic (exact) mass is 1060 g/mol. The lowest BCUT2D eigenvalue weighted by atomic mass is 9.44. The van der Waals surface area contributed by atoms with Crippen molar-refractivity contribution in [3.63, 3.8) is 0 Å². The van der Waals surface area contributed by atoms with E-state index in [-0.39, 0.29) is 37.2 Å². The van der Waals surface area contributed by atoms with E-state index >= 15 is 0 Å². The van der Waals surface area contributed by atoms with Crippen LogP contribution < -0.4 is 0 Å². The highest BCUT2D eigenvalue weighted by Gasteiger charge is 2.81. The molecule has 9 fully saturated rings. The third kappa shape index (κ3) is 8.64. The van der Waals surface area contributed by atoms with Crippen molar-refractivity contribution < 1.29 is 119 Å². The number of allylic oxidation sites excluding steroid dienone is 1. The van der Waals surface area contributed by atoms with Gasteiger partial charge in [-0.05, 0) is 62.7 Å². The second kappa shape index (κ2) is 20.4.